The molecule has 0 aromatic heterocycles. The van der Waals surface area contributed by atoms with E-state index in [4.69, 9.17) is 14.2 Å². The molecule has 1 saturated carbocycles. The van der Waals surface area contributed by atoms with Gasteiger partial charge in [0.2, 0.25) is 5.91 Å². The molecule has 7 heteroatoms. The Morgan fingerprint density at radius 1 is 1.08 bits per heavy atom. The summed E-state index contributed by atoms with van der Waals surface area (Å²) in [7, 11) is 4.51. The summed E-state index contributed by atoms with van der Waals surface area (Å²) < 4.78 is 16.0. The molecule has 1 aromatic rings. The van der Waals surface area contributed by atoms with Gasteiger partial charge in [-0.1, -0.05) is 13.8 Å². The summed E-state index contributed by atoms with van der Waals surface area (Å²) in [5.74, 6) is -1.17. The van der Waals surface area contributed by atoms with E-state index in [1.165, 1.54) is 21.3 Å². The van der Waals surface area contributed by atoms with Gasteiger partial charge in [0.1, 0.15) is 5.75 Å². The number of hydrogen-bond acceptors (Lipinski definition) is 5. The van der Waals surface area contributed by atoms with Gasteiger partial charge in [-0.3, -0.25) is 9.59 Å². The predicted molar refractivity (Wildman–Crippen MR) is 87.9 cm³/mol. The van der Waals surface area contributed by atoms with Gasteiger partial charge in [-0.2, -0.15) is 0 Å². The van der Waals surface area contributed by atoms with Gasteiger partial charge < -0.3 is 24.6 Å². The van der Waals surface area contributed by atoms with E-state index in [0.29, 0.717) is 28.5 Å². The minimum Gasteiger partial charge on any atom is -0.494 e. The summed E-state index contributed by atoms with van der Waals surface area (Å²) in [6.07, 6.45) is 0. The van der Waals surface area contributed by atoms with Crippen LogP contribution in [0, 0.1) is 24.2 Å². The molecule has 2 atom stereocenters. The number of anilines is 1. The van der Waals surface area contributed by atoms with Crippen molar-refractivity contribution in [3.8, 4) is 17.2 Å². The van der Waals surface area contributed by atoms with Gasteiger partial charge in [-0.05, 0) is 12.3 Å². The summed E-state index contributed by atoms with van der Waals surface area (Å²) in [5, 5.41) is 12.0. The van der Waals surface area contributed by atoms with E-state index in [1.54, 1.807) is 26.8 Å². The number of benzene rings is 1. The Labute approximate surface area is 140 Å². The number of carbonyl (C=O) groups is 2. The molecular formula is C17H23NO6. The van der Waals surface area contributed by atoms with Crippen LogP contribution in [0.4, 0.5) is 5.69 Å². The minimum absolute atomic E-state index is 0.350. The van der Waals surface area contributed by atoms with Crippen molar-refractivity contribution in [3.05, 3.63) is 11.6 Å². The third-order valence-electron chi connectivity index (χ3n) is 4.69. The Balaban J connectivity index is 2.35. The highest BCUT2D eigenvalue weighted by atomic mass is 16.5. The molecule has 0 saturated heterocycles. The summed E-state index contributed by atoms with van der Waals surface area (Å²) in [5.41, 5.74) is 0.526. The van der Waals surface area contributed by atoms with E-state index in [2.05, 4.69) is 5.32 Å². The zero-order chi connectivity index (χ0) is 18.2. The fourth-order valence-corrected chi connectivity index (χ4v) is 3.31. The number of carboxylic acids is 1. The molecule has 1 aliphatic carbocycles. The number of nitrogens with one attached hydrogen (secondary N) is 1. The average Bonchev–Trinajstić information content (AvgIpc) is 3.10. The Morgan fingerprint density at radius 2 is 1.67 bits per heavy atom. The van der Waals surface area contributed by atoms with E-state index in [1.807, 2.05) is 0 Å². The molecule has 0 radical (unpaired) electrons. The quantitative estimate of drug-likeness (QED) is 0.827. The van der Waals surface area contributed by atoms with Gasteiger partial charge in [0.25, 0.3) is 0 Å². The van der Waals surface area contributed by atoms with Crippen LogP contribution in [0.3, 0.4) is 0 Å². The molecule has 0 spiro atoms. The first-order valence-corrected chi connectivity index (χ1v) is 7.53. The molecule has 0 heterocycles. The molecule has 0 unspecified atom stereocenters. The van der Waals surface area contributed by atoms with Crippen LogP contribution in [0.25, 0.3) is 0 Å². The van der Waals surface area contributed by atoms with Crippen molar-refractivity contribution in [2.75, 3.05) is 26.6 Å². The molecule has 132 valence electrons. The first-order valence-electron chi connectivity index (χ1n) is 7.53. The third kappa shape index (κ3) is 2.74. The van der Waals surface area contributed by atoms with Crippen molar-refractivity contribution in [3.63, 3.8) is 0 Å². The van der Waals surface area contributed by atoms with Crippen LogP contribution in [0.2, 0.25) is 0 Å². The first-order chi connectivity index (χ1) is 11.2. The lowest BCUT2D eigenvalue weighted by molar-refractivity contribution is -0.140. The van der Waals surface area contributed by atoms with E-state index < -0.39 is 23.2 Å². The fraction of sp³-hybridized carbons (Fsp3) is 0.529. The summed E-state index contributed by atoms with van der Waals surface area (Å²) in [4.78, 5) is 23.8. The highest BCUT2D eigenvalue weighted by Crippen LogP contribution is 2.59. The van der Waals surface area contributed by atoms with E-state index in [-0.39, 0.29) is 5.91 Å². The summed E-state index contributed by atoms with van der Waals surface area (Å²) >= 11 is 0. The second kappa shape index (κ2) is 6.22. The maximum absolute atomic E-state index is 12.5. The SMILES string of the molecule is COc1cc(NC(=O)[C@@H]2[C@H](C(=O)O)C2(C)C)c(OC)c(C)c1OC. The van der Waals surface area contributed by atoms with Crippen molar-refractivity contribution >= 4 is 17.6 Å². The molecule has 0 bridgehead atoms. The van der Waals surface area contributed by atoms with Gasteiger partial charge >= 0.3 is 5.97 Å². The zero-order valence-corrected chi connectivity index (χ0v) is 14.7. The number of carboxylic acid groups (broad SMARTS) is 1. The van der Waals surface area contributed by atoms with Crippen LogP contribution >= 0.6 is 0 Å². The van der Waals surface area contributed by atoms with Gasteiger partial charge in [0.05, 0.1) is 38.9 Å². The van der Waals surface area contributed by atoms with Gasteiger partial charge in [-0.15, -0.1) is 0 Å². The van der Waals surface area contributed by atoms with Gasteiger partial charge in [-0.25, -0.2) is 0 Å². The molecule has 1 amide bonds. The summed E-state index contributed by atoms with van der Waals surface area (Å²) in [6, 6.07) is 1.60. The smallest absolute Gasteiger partial charge is 0.307 e. The van der Waals surface area contributed by atoms with Gasteiger partial charge in [0.15, 0.2) is 11.5 Å². The number of amides is 1. The van der Waals surface area contributed by atoms with Crippen molar-refractivity contribution in [2.24, 2.45) is 17.3 Å². The molecule has 0 aliphatic heterocycles. The van der Waals surface area contributed by atoms with Crippen molar-refractivity contribution in [1.29, 1.82) is 0 Å². The van der Waals surface area contributed by atoms with Crippen molar-refractivity contribution in [2.45, 2.75) is 20.8 Å². The van der Waals surface area contributed by atoms with Crippen molar-refractivity contribution < 1.29 is 28.9 Å². The number of carbonyl (C=O) groups excluding carboxylic acids is 1. The van der Waals surface area contributed by atoms with Crippen LogP contribution < -0.4 is 19.5 Å². The highest BCUT2D eigenvalue weighted by Gasteiger charge is 2.65. The standard InChI is InChI=1S/C17H23NO6/c1-8-13(23-5)9(7-10(22-4)14(8)24-6)18-15(19)11-12(16(20)21)17(11,2)3/h7,11-12H,1-6H3,(H,18,19)(H,20,21)/t11-,12+/m0/s1. The number of rotatable bonds is 6. The lowest BCUT2D eigenvalue weighted by Crippen LogP contribution is -2.18. The van der Waals surface area contributed by atoms with Crippen LogP contribution in [0.1, 0.15) is 19.4 Å². The molecule has 2 N–H and O–H groups in total. The molecule has 2 rings (SSSR count). The molecule has 7 nitrogen and oxygen atoms in total. The lowest BCUT2D eigenvalue weighted by Gasteiger charge is -2.18. The Morgan fingerprint density at radius 3 is 2.08 bits per heavy atom. The van der Waals surface area contributed by atoms with Crippen molar-refractivity contribution in [1.82, 2.24) is 0 Å². The van der Waals surface area contributed by atoms with Crippen LogP contribution in [0.5, 0.6) is 17.2 Å². The second-order valence-electron chi connectivity index (χ2n) is 6.42. The Kier molecular flexibility index (Phi) is 4.64. The second-order valence-corrected chi connectivity index (χ2v) is 6.42. The largest absolute Gasteiger partial charge is 0.494 e. The minimum atomic E-state index is -0.962. The maximum Gasteiger partial charge on any atom is 0.307 e. The van der Waals surface area contributed by atoms with Crippen LogP contribution in [0.15, 0.2) is 6.07 Å². The maximum atomic E-state index is 12.5. The van der Waals surface area contributed by atoms with Gasteiger partial charge in [0, 0.05) is 11.6 Å². The highest BCUT2D eigenvalue weighted by molar-refractivity contribution is 6.01. The predicted octanol–water partition coefficient (Wildman–Crippen LogP) is 2.32. The van der Waals surface area contributed by atoms with E-state index in [0.717, 1.165) is 0 Å². The number of aliphatic carboxylic acids is 1. The number of methoxy groups -OCH3 is 3. The summed E-state index contributed by atoms with van der Waals surface area (Å²) in [6.45, 7) is 5.33. The molecule has 1 aromatic carbocycles. The fourth-order valence-electron chi connectivity index (χ4n) is 3.31. The van der Waals surface area contributed by atoms with Crippen LogP contribution in [-0.4, -0.2) is 38.3 Å². The topological polar surface area (TPSA) is 94.1 Å². The molecular weight excluding hydrogens is 314 g/mol. The molecule has 1 fully saturated rings. The van der Waals surface area contributed by atoms with Crippen LogP contribution in [-0.2, 0) is 9.59 Å². The Bertz CT molecular complexity index is 682. The Hall–Kier alpha value is -2.44. The zero-order valence-electron chi connectivity index (χ0n) is 14.7. The number of hydrogen-bond donors (Lipinski definition) is 2. The lowest BCUT2D eigenvalue weighted by atomic mass is 10.1. The average molecular weight is 337 g/mol. The molecule has 1 aliphatic rings. The third-order valence-corrected chi connectivity index (χ3v) is 4.69. The first kappa shape index (κ1) is 17.9. The van der Waals surface area contributed by atoms with E-state index in [9.17, 15) is 14.7 Å². The molecule has 24 heavy (non-hydrogen) atoms. The monoisotopic (exact) mass is 337 g/mol. The normalized spacial score (nSPS) is 20.9. The van der Waals surface area contributed by atoms with E-state index >= 15 is 0 Å². The number of ether oxygens (including phenoxy) is 3.